The normalized spacial score (nSPS) is 27.7. The van der Waals surface area contributed by atoms with E-state index in [-0.39, 0.29) is 0 Å². The predicted molar refractivity (Wildman–Crippen MR) is 76.4 cm³/mol. The minimum absolute atomic E-state index is 0.371. The maximum absolute atomic E-state index is 3.70. The molecule has 0 bridgehead atoms. The van der Waals surface area contributed by atoms with Gasteiger partial charge in [-0.1, -0.05) is 34.6 Å². The lowest BCUT2D eigenvalue weighted by Crippen LogP contribution is -2.59. The van der Waals surface area contributed by atoms with Gasteiger partial charge in [-0.2, -0.15) is 0 Å². The summed E-state index contributed by atoms with van der Waals surface area (Å²) < 4.78 is 0. The standard InChI is InChI=1S/C15H32N2/c1-12(2)8-7-9-17-11-14(15(4,5)6)16-10-13(17)3/h12-14,16H,7-11H2,1-6H3. The predicted octanol–water partition coefficient (Wildman–Crippen LogP) is 3.13. The molecule has 0 aromatic heterocycles. The number of hydrogen-bond donors (Lipinski definition) is 1. The first kappa shape index (κ1) is 15.0. The van der Waals surface area contributed by atoms with Crippen LogP contribution in [0.5, 0.6) is 0 Å². The van der Waals surface area contributed by atoms with E-state index in [2.05, 4.69) is 51.8 Å². The van der Waals surface area contributed by atoms with Crippen LogP contribution < -0.4 is 5.32 Å². The van der Waals surface area contributed by atoms with Crippen LogP contribution in [0.3, 0.4) is 0 Å². The molecule has 1 N–H and O–H groups in total. The van der Waals surface area contributed by atoms with Crippen LogP contribution in [-0.2, 0) is 0 Å². The molecule has 1 saturated heterocycles. The maximum Gasteiger partial charge on any atom is 0.0244 e. The molecule has 2 unspecified atom stereocenters. The SMILES string of the molecule is CC(C)CCCN1CC(C(C)(C)C)NCC1C. The van der Waals surface area contributed by atoms with Gasteiger partial charge in [-0.3, -0.25) is 4.90 Å². The summed E-state index contributed by atoms with van der Waals surface area (Å²) in [5, 5.41) is 3.70. The molecular weight excluding hydrogens is 208 g/mol. The van der Waals surface area contributed by atoms with Crippen molar-refractivity contribution in [2.75, 3.05) is 19.6 Å². The Bertz CT molecular complexity index is 217. The van der Waals surface area contributed by atoms with Gasteiger partial charge < -0.3 is 5.32 Å². The molecule has 17 heavy (non-hydrogen) atoms. The first-order valence-corrected chi connectivity index (χ1v) is 7.28. The molecule has 1 rings (SSSR count). The van der Waals surface area contributed by atoms with Crippen LogP contribution in [0.15, 0.2) is 0 Å². The lowest BCUT2D eigenvalue weighted by Gasteiger charge is -2.44. The molecule has 1 heterocycles. The summed E-state index contributed by atoms with van der Waals surface area (Å²) >= 11 is 0. The zero-order valence-corrected chi connectivity index (χ0v) is 12.7. The molecule has 0 saturated carbocycles. The van der Waals surface area contributed by atoms with Gasteiger partial charge in [0.2, 0.25) is 0 Å². The van der Waals surface area contributed by atoms with Crippen LogP contribution in [0.25, 0.3) is 0 Å². The van der Waals surface area contributed by atoms with Crippen molar-refractivity contribution in [2.24, 2.45) is 11.3 Å². The van der Waals surface area contributed by atoms with Crippen molar-refractivity contribution >= 4 is 0 Å². The van der Waals surface area contributed by atoms with Crippen LogP contribution in [0.1, 0.15) is 54.4 Å². The zero-order valence-electron chi connectivity index (χ0n) is 12.7. The van der Waals surface area contributed by atoms with E-state index in [0.717, 1.165) is 12.5 Å². The third-order valence-corrected chi connectivity index (χ3v) is 3.97. The monoisotopic (exact) mass is 240 g/mol. The van der Waals surface area contributed by atoms with Gasteiger partial charge in [0.1, 0.15) is 0 Å². The van der Waals surface area contributed by atoms with Crippen LogP contribution >= 0.6 is 0 Å². The minimum atomic E-state index is 0.371. The Balaban J connectivity index is 2.41. The lowest BCUT2D eigenvalue weighted by atomic mass is 9.84. The maximum atomic E-state index is 3.70. The third-order valence-electron chi connectivity index (χ3n) is 3.97. The number of nitrogens with zero attached hydrogens (tertiary/aromatic N) is 1. The Labute approximate surface area is 108 Å². The molecular formula is C15H32N2. The van der Waals surface area contributed by atoms with E-state index < -0.39 is 0 Å². The van der Waals surface area contributed by atoms with Crippen LogP contribution in [-0.4, -0.2) is 36.6 Å². The average molecular weight is 240 g/mol. The largest absolute Gasteiger partial charge is 0.311 e. The van der Waals surface area contributed by atoms with Gasteiger partial charge in [-0.05, 0) is 37.6 Å². The Morgan fingerprint density at radius 1 is 1.29 bits per heavy atom. The molecule has 0 spiro atoms. The highest BCUT2D eigenvalue weighted by Crippen LogP contribution is 2.23. The molecule has 1 fully saturated rings. The Hall–Kier alpha value is -0.0800. The lowest BCUT2D eigenvalue weighted by molar-refractivity contribution is 0.0914. The summed E-state index contributed by atoms with van der Waals surface area (Å²) in [6, 6.07) is 1.33. The van der Waals surface area contributed by atoms with Crippen LogP contribution in [0.2, 0.25) is 0 Å². The fourth-order valence-corrected chi connectivity index (χ4v) is 2.52. The van der Waals surface area contributed by atoms with E-state index in [4.69, 9.17) is 0 Å². The number of piperazine rings is 1. The topological polar surface area (TPSA) is 15.3 Å². The highest BCUT2D eigenvalue weighted by atomic mass is 15.2. The van der Waals surface area contributed by atoms with Gasteiger partial charge in [0, 0.05) is 25.2 Å². The van der Waals surface area contributed by atoms with Crippen molar-refractivity contribution in [3.8, 4) is 0 Å². The summed E-state index contributed by atoms with van der Waals surface area (Å²) in [4.78, 5) is 2.68. The Kier molecular flexibility index (Phi) is 5.46. The molecule has 0 aromatic carbocycles. The number of nitrogens with one attached hydrogen (secondary N) is 1. The smallest absolute Gasteiger partial charge is 0.0244 e. The van der Waals surface area contributed by atoms with Gasteiger partial charge in [-0.25, -0.2) is 0 Å². The molecule has 2 nitrogen and oxygen atoms in total. The number of rotatable bonds is 4. The van der Waals surface area contributed by atoms with Crippen molar-refractivity contribution < 1.29 is 0 Å². The molecule has 1 aliphatic rings. The minimum Gasteiger partial charge on any atom is -0.311 e. The van der Waals surface area contributed by atoms with E-state index in [9.17, 15) is 0 Å². The zero-order chi connectivity index (χ0) is 13.1. The van der Waals surface area contributed by atoms with Crippen molar-refractivity contribution in [1.82, 2.24) is 10.2 Å². The van der Waals surface area contributed by atoms with Crippen molar-refractivity contribution in [2.45, 2.75) is 66.5 Å². The van der Waals surface area contributed by atoms with Crippen molar-refractivity contribution in [1.29, 1.82) is 0 Å². The van der Waals surface area contributed by atoms with Crippen LogP contribution in [0, 0.1) is 11.3 Å². The summed E-state index contributed by atoms with van der Waals surface area (Å²) in [5.41, 5.74) is 0.371. The molecule has 0 radical (unpaired) electrons. The van der Waals surface area contributed by atoms with E-state index in [0.29, 0.717) is 17.5 Å². The molecule has 0 amide bonds. The quantitative estimate of drug-likeness (QED) is 0.812. The molecule has 0 aromatic rings. The molecule has 102 valence electrons. The van der Waals surface area contributed by atoms with E-state index in [1.807, 2.05) is 0 Å². The fraction of sp³-hybridized carbons (Fsp3) is 1.00. The van der Waals surface area contributed by atoms with E-state index >= 15 is 0 Å². The van der Waals surface area contributed by atoms with Gasteiger partial charge in [0.15, 0.2) is 0 Å². The third kappa shape index (κ3) is 4.97. The first-order valence-electron chi connectivity index (χ1n) is 7.28. The van der Waals surface area contributed by atoms with Crippen LogP contribution in [0.4, 0.5) is 0 Å². The fourth-order valence-electron chi connectivity index (χ4n) is 2.52. The van der Waals surface area contributed by atoms with E-state index in [1.165, 1.54) is 25.9 Å². The van der Waals surface area contributed by atoms with E-state index in [1.54, 1.807) is 0 Å². The summed E-state index contributed by atoms with van der Waals surface area (Å²) in [5.74, 6) is 0.839. The molecule has 0 aliphatic carbocycles. The van der Waals surface area contributed by atoms with Gasteiger partial charge in [-0.15, -0.1) is 0 Å². The molecule has 2 atom stereocenters. The molecule has 1 aliphatic heterocycles. The second-order valence-electron chi connectivity index (χ2n) is 7.21. The second-order valence-corrected chi connectivity index (χ2v) is 7.21. The van der Waals surface area contributed by atoms with Crippen molar-refractivity contribution in [3.05, 3.63) is 0 Å². The second kappa shape index (κ2) is 6.19. The average Bonchev–Trinajstić information content (AvgIpc) is 2.18. The summed E-state index contributed by atoms with van der Waals surface area (Å²) in [7, 11) is 0. The Morgan fingerprint density at radius 3 is 2.47 bits per heavy atom. The van der Waals surface area contributed by atoms with Gasteiger partial charge in [0.25, 0.3) is 0 Å². The Morgan fingerprint density at radius 2 is 1.94 bits per heavy atom. The number of hydrogen-bond acceptors (Lipinski definition) is 2. The van der Waals surface area contributed by atoms with Gasteiger partial charge in [0.05, 0.1) is 0 Å². The molecule has 2 heteroatoms. The highest BCUT2D eigenvalue weighted by Gasteiger charge is 2.31. The first-order chi connectivity index (χ1) is 7.80. The van der Waals surface area contributed by atoms with Gasteiger partial charge >= 0.3 is 0 Å². The summed E-state index contributed by atoms with van der Waals surface area (Å²) in [6.45, 7) is 17.6. The summed E-state index contributed by atoms with van der Waals surface area (Å²) in [6.07, 6.45) is 2.70. The van der Waals surface area contributed by atoms with Crippen molar-refractivity contribution in [3.63, 3.8) is 0 Å². The highest BCUT2D eigenvalue weighted by molar-refractivity contribution is 4.90.